The molecule has 0 radical (unpaired) electrons. The molecule has 0 aliphatic heterocycles. The lowest BCUT2D eigenvalue weighted by molar-refractivity contribution is 0.0533. The maximum absolute atomic E-state index is 11.5. The van der Waals surface area contributed by atoms with Crippen molar-refractivity contribution in [2.75, 3.05) is 6.54 Å². The topological polar surface area (TPSA) is 104 Å². The summed E-state index contributed by atoms with van der Waals surface area (Å²) >= 11 is 0. The van der Waals surface area contributed by atoms with Crippen molar-refractivity contribution in [2.24, 2.45) is 0 Å². The Balaban J connectivity index is 1.89. The fourth-order valence-electron chi connectivity index (χ4n) is 2.00. The fourth-order valence-corrected chi connectivity index (χ4v) is 2.00. The molecule has 1 aromatic heterocycles. The summed E-state index contributed by atoms with van der Waals surface area (Å²) in [6.45, 7) is 5.78. The van der Waals surface area contributed by atoms with Crippen LogP contribution in [0.5, 0.6) is 0 Å². The number of carboxylic acid groups (broad SMARTS) is 1. The minimum Gasteiger partial charge on any atom is -0.477 e. The van der Waals surface area contributed by atoms with Gasteiger partial charge in [0, 0.05) is 12.1 Å². The molecule has 0 aliphatic carbocycles. The second kappa shape index (κ2) is 7.65. The maximum Gasteiger partial charge on any atom is 0.407 e. The molecule has 0 saturated carbocycles. The lowest BCUT2D eigenvalue weighted by Crippen LogP contribution is -2.32. The van der Waals surface area contributed by atoms with Gasteiger partial charge in [-0.25, -0.2) is 9.59 Å². The van der Waals surface area contributed by atoms with Crippen LogP contribution in [0.3, 0.4) is 0 Å². The molecule has 3 N–H and O–H groups in total. The third kappa shape index (κ3) is 5.80. The number of alkyl carbamates (subject to hydrolysis) is 1. The molecule has 7 nitrogen and oxygen atoms in total. The van der Waals surface area contributed by atoms with Gasteiger partial charge in [-0.15, -0.1) is 0 Å². The Morgan fingerprint density at radius 3 is 2.52 bits per heavy atom. The highest BCUT2D eigenvalue weighted by molar-refractivity contribution is 5.86. The molecular formula is C18H21N3O4. The number of hydrogen-bond acceptors (Lipinski definition) is 4. The van der Waals surface area contributed by atoms with Gasteiger partial charge in [-0.1, -0.05) is 36.4 Å². The van der Waals surface area contributed by atoms with Gasteiger partial charge in [0.25, 0.3) is 0 Å². The highest BCUT2D eigenvalue weighted by atomic mass is 16.6. The van der Waals surface area contributed by atoms with Gasteiger partial charge in [0.1, 0.15) is 11.3 Å². The molecule has 2 rings (SSSR count). The van der Waals surface area contributed by atoms with E-state index in [-0.39, 0.29) is 5.69 Å². The van der Waals surface area contributed by atoms with Crippen LogP contribution >= 0.6 is 0 Å². The number of carboxylic acids is 1. The first kappa shape index (κ1) is 18.3. The Labute approximate surface area is 145 Å². The SMILES string of the molecule is CC(C)(C)OC(=O)NCC=Cc1ccc(-c2cc(C(=O)O)[nH]n2)cc1. The number of hydrogen-bond donors (Lipinski definition) is 3. The van der Waals surface area contributed by atoms with Crippen LogP contribution in [0.2, 0.25) is 0 Å². The van der Waals surface area contributed by atoms with Crippen LogP contribution in [0.25, 0.3) is 17.3 Å². The molecule has 0 fully saturated rings. The van der Waals surface area contributed by atoms with Gasteiger partial charge in [0.2, 0.25) is 0 Å². The summed E-state index contributed by atoms with van der Waals surface area (Å²) in [5.74, 6) is -1.05. The lowest BCUT2D eigenvalue weighted by Gasteiger charge is -2.19. The van der Waals surface area contributed by atoms with Gasteiger partial charge in [0.05, 0.1) is 5.69 Å². The lowest BCUT2D eigenvalue weighted by atomic mass is 10.1. The molecule has 1 aromatic carbocycles. The van der Waals surface area contributed by atoms with Gasteiger partial charge in [0.15, 0.2) is 0 Å². The number of aromatic carboxylic acids is 1. The minimum absolute atomic E-state index is 0.0483. The second-order valence-corrected chi connectivity index (χ2v) is 6.38. The number of aromatic nitrogens is 2. The van der Waals surface area contributed by atoms with Crippen LogP contribution in [-0.4, -0.2) is 39.5 Å². The van der Waals surface area contributed by atoms with E-state index in [4.69, 9.17) is 9.84 Å². The van der Waals surface area contributed by atoms with E-state index >= 15 is 0 Å². The van der Waals surface area contributed by atoms with Gasteiger partial charge in [-0.05, 0) is 32.4 Å². The number of aromatic amines is 1. The molecular weight excluding hydrogens is 322 g/mol. The van der Waals surface area contributed by atoms with Gasteiger partial charge in [-0.3, -0.25) is 5.10 Å². The Bertz CT molecular complexity index is 770. The Morgan fingerprint density at radius 1 is 1.28 bits per heavy atom. The van der Waals surface area contributed by atoms with Crippen LogP contribution in [0.1, 0.15) is 36.8 Å². The summed E-state index contributed by atoms with van der Waals surface area (Å²) in [5, 5.41) is 18.0. The van der Waals surface area contributed by atoms with Crippen molar-refractivity contribution in [3.05, 3.63) is 47.7 Å². The minimum atomic E-state index is -1.05. The summed E-state index contributed by atoms with van der Waals surface area (Å²) in [5.41, 5.74) is 1.86. The Kier molecular flexibility index (Phi) is 5.59. The molecule has 1 heterocycles. The predicted molar refractivity (Wildman–Crippen MR) is 94.3 cm³/mol. The number of carbonyl (C=O) groups excluding carboxylic acids is 1. The molecule has 0 aliphatic rings. The summed E-state index contributed by atoms with van der Waals surface area (Å²) < 4.78 is 5.14. The fraction of sp³-hybridized carbons (Fsp3) is 0.278. The zero-order chi connectivity index (χ0) is 18.4. The van der Waals surface area contributed by atoms with E-state index in [9.17, 15) is 9.59 Å². The van der Waals surface area contributed by atoms with Gasteiger partial charge < -0.3 is 15.2 Å². The van der Waals surface area contributed by atoms with Crippen molar-refractivity contribution in [3.63, 3.8) is 0 Å². The second-order valence-electron chi connectivity index (χ2n) is 6.38. The van der Waals surface area contributed by atoms with Crippen molar-refractivity contribution >= 4 is 18.1 Å². The van der Waals surface area contributed by atoms with E-state index < -0.39 is 17.7 Å². The standard InChI is InChI=1S/C18H21N3O4/c1-18(2,3)25-17(24)19-10-4-5-12-6-8-13(9-7-12)14-11-15(16(22)23)21-20-14/h4-9,11H,10H2,1-3H3,(H,19,24)(H,20,21)(H,22,23). The number of nitrogens with one attached hydrogen (secondary N) is 2. The molecule has 0 bridgehead atoms. The highest BCUT2D eigenvalue weighted by Crippen LogP contribution is 2.18. The number of H-pyrrole nitrogens is 1. The van der Waals surface area contributed by atoms with Crippen molar-refractivity contribution in [3.8, 4) is 11.3 Å². The average Bonchev–Trinajstić information content (AvgIpc) is 3.01. The third-order valence-electron chi connectivity index (χ3n) is 3.09. The number of amides is 1. The van der Waals surface area contributed by atoms with Crippen molar-refractivity contribution < 1.29 is 19.4 Å². The molecule has 0 atom stereocenters. The van der Waals surface area contributed by atoms with E-state index in [1.54, 1.807) is 0 Å². The largest absolute Gasteiger partial charge is 0.477 e. The zero-order valence-corrected chi connectivity index (χ0v) is 14.4. The molecule has 1 amide bonds. The van der Waals surface area contributed by atoms with E-state index in [1.165, 1.54) is 6.07 Å². The zero-order valence-electron chi connectivity index (χ0n) is 14.4. The quantitative estimate of drug-likeness (QED) is 0.772. The molecule has 132 valence electrons. The van der Waals surface area contributed by atoms with Crippen LogP contribution in [0.4, 0.5) is 4.79 Å². The molecule has 25 heavy (non-hydrogen) atoms. The molecule has 7 heteroatoms. The van der Waals surface area contributed by atoms with E-state index in [1.807, 2.05) is 57.2 Å². The number of carbonyl (C=O) groups is 2. The van der Waals surface area contributed by atoms with Gasteiger partial charge >= 0.3 is 12.1 Å². The smallest absolute Gasteiger partial charge is 0.407 e. The van der Waals surface area contributed by atoms with E-state index in [2.05, 4.69) is 15.5 Å². The first-order chi connectivity index (χ1) is 11.7. The normalized spacial score (nSPS) is 11.5. The van der Waals surface area contributed by atoms with Crippen LogP contribution in [0.15, 0.2) is 36.4 Å². The average molecular weight is 343 g/mol. The summed E-state index contributed by atoms with van der Waals surface area (Å²) in [4.78, 5) is 22.4. The highest BCUT2D eigenvalue weighted by Gasteiger charge is 2.15. The Morgan fingerprint density at radius 2 is 1.96 bits per heavy atom. The summed E-state index contributed by atoms with van der Waals surface area (Å²) in [7, 11) is 0. The number of ether oxygens (including phenoxy) is 1. The van der Waals surface area contributed by atoms with Crippen molar-refractivity contribution in [2.45, 2.75) is 26.4 Å². The molecule has 2 aromatic rings. The molecule has 0 unspecified atom stereocenters. The molecule has 0 spiro atoms. The van der Waals surface area contributed by atoms with E-state index in [0.29, 0.717) is 12.2 Å². The van der Waals surface area contributed by atoms with Crippen LogP contribution < -0.4 is 5.32 Å². The summed E-state index contributed by atoms with van der Waals surface area (Å²) in [6, 6.07) is 8.95. The Hall–Kier alpha value is -3.09. The first-order valence-electron chi connectivity index (χ1n) is 7.77. The van der Waals surface area contributed by atoms with Gasteiger partial charge in [-0.2, -0.15) is 5.10 Å². The van der Waals surface area contributed by atoms with Crippen LogP contribution in [-0.2, 0) is 4.74 Å². The number of nitrogens with zero attached hydrogens (tertiary/aromatic N) is 1. The van der Waals surface area contributed by atoms with E-state index in [0.717, 1.165) is 11.1 Å². The first-order valence-corrected chi connectivity index (χ1v) is 7.77. The molecule has 0 saturated heterocycles. The van der Waals surface area contributed by atoms with Crippen molar-refractivity contribution in [1.82, 2.24) is 15.5 Å². The van der Waals surface area contributed by atoms with Crippen LogP contribution in [0, 0.1) is 0 Å². The predicted octanol–water partition coefficient (Wildman–Crippen LogP) is 3.31. The third-order valence-corrected chi connectivity index (χ3v) is 3.09. The maximum atomic E-state index is 11.5. The number of rotatable bonds is 5. The monoisotopic (exact) mass is 343 g/mol. The number of benzene rings is 1. The summed E-state index contributed by atoms with van der Waals surface area (Å²) in [6.07, 6.45) is 3.23. The van der Waals surface area contributed by atoms with Crippen molar-refractivity contribution in [1.29, 1.82) is 0 Å².